The van der Waals surface area contributed by atoms with Crippen LogP contribution in [0.25, 0.3) is 0 Å². The second kappa shape index (κ2) is 6.78. The molecule has 1 saturated heterocycles. The van der Waals surface area contributed by atoms with Gasteiger partial charge in [0.1, 0.15) is 0 Å². The Labute approximate surface area is 139 Å². The van der Waals surface area contributed by atoms with Gasteiger partial charge in [-0.2, -0.15) is 4.31 Å². The lowest BCUT2D eigenvalue weighted by atomic mass is 9.94. The highest BCUT2D eigenvalue weighted by Crippen LogP contribution is 2.27. The zero-order valence-corrected chi connectivity index (χ0v) is 15.3. The zero-order chi connectivity index (χ0) is 17.3. The summed E-state index contributed by atoms with van der Waals surface area (Å²) in [6.07, 6.45) is 1.03. The molecule has 1 aromatic carbocycles. The molecule has 6 nitrogen and oxygen atoms in total. The summed E-state index contributed by atoms with van der Waals surface area (Å²) in [5, 5.41) is 0. The van der Waals surface area contributed by atoms with Gasteiger partial charge in [-0.1, -0.05) is 13.8 Å². The van der Waals surface area contributed by atoms with E-state index in [9.17, 15) is 16.8 Å². The van der Waals surface area contributed by atoms with E-state index in [4.69, 9.17) is 0 Å². The van der Waals surface area contributed by atoms with E-state index >= 15 is 0 Å². The van der Waals surface area contributed by atoms with E-state index in [1.807, 2.05) is 0 Å². The van der Waals surface area contributed by atoms with Crippen molar-refractivity contribution in [2.45, 2.75) is 32.1 Å². The molecule has 130 valence electrons. The minimum atomic E-state index is -3.54. The number of hydrogen-bond donors (Lipinski definition) is 1. The zero-order valence-electron chi connectivity index (χ0n) is 13.7. The Morgan fingerprint density at radius 1 is 1.04 bits per heavy atom. The molecule has 0 amide bonds. The van der Waals surface area contributed by atoms with Crippen LogP contribution in [0.5, 0.6) is 0 Å². The van der Waals surface area contributed by atoms with Gasteiger partial charge in [0, 0.05) is 18.8 Å². The smallest absolute Gasteiger partial charge is 0.243 e. The molecule has 0 bridgehead atoms. The van der Waals surface area contributed by atoms with Crippen molar-refractivity contribution in [2.75, 3.05) is 23.6 Å². The third-order valence-corrected chi connectivity index (χ3v) is 7.13. The van der Waals surface area contributed by atoms with Crippen molar-refractivity contribution in [3.05, 3.63) is 24.3 Å². The Bertz CT molecular complexity index is 732. The van der Waals surface area contributed by atoms with Gasteiger partial charge in [-0.3, -0.25) is 4.72 Å². The van der Waals surface area contributed by atoms with Crippen molar-refractivity contribution in [3.63, 3.8) is 0 Å². The molecule has 1 heterocycles. The normalized spacial score (nSPS) is 23.6. The van der Waals surface area contributed by atoms with E-state index in [2.05, 4.69) is 18.6 Å². The van der Waals surface area contributed by atoms with Gasteiger partial charge in [0.05, 0.1) is 10.6 Å². The molecule has 8 heteroatoms. The van der Waals surface area contributed by atoms with Gasteiger partial charge >= 0.3 is 0 Å². The highest BCUT2D eigenvalue weighted by atomic mass is 32.2. The van der Waals surface area contributed by atoms with Gasteiger partial charge in [-0.15, -0.1) is 0 Å². The average Bonchev–Trinajstić information content (AvgIpc) is 2.46. The van der Waals surface area contributed by atoms with E-state index in [1.165, 1.54) is 28.6 Å². The number of sulfonamides is 2. The Morgan fingerprint density at radius 2 is 1.57 bits per heavy atom. The molecule has 0 spiro atoms. The Hall–Kier alpha value is -1.12. The second-order valence-corrected chi connectivity index (χ2v) is 10.2. The minimum absolute atomic E-state index is 0.0311. The van der Waals surface area contributed by atoms with Crippen molar-refractivity contribution in [2.24, 2.45) is 11.8 Å². The van der Waals surface area contributed by atoms with E-state index in [0.29, 0.717) is 30.6 Å². The van der Waals surface area contributed by atoms with Crippen molar-refractivity contribution in [3.8, 4) is 0 Å². The first-order chi connectivity index (χ1) is 10.6. The van der Waals surface area contributed by atoms with Crippen LogP contribution in [0, 0.1) is 11.8 Å². The predicted octanol–water partition coefficient (Wildman–Crippen LogP) is 2.11. The van der Waals surface area contributed by atoms with Crippen LogP contribution in [-0.4, -0.2) is 40.0 Å². The number of anilines is 1. The van der Waals surface area contributed by atoms with Crippen molar-refractivity contribution in [1.29, 1.82) is 0 Å². The molecule has 1 aliphatic heterocycles. The van der Waals surface area contributed by atoms with Crippen LogP contribution in [0.3, 0.4) is 0 Å². The topological polar surface area (TPSA) is 83.5 Å². The quantitative estimate of drug-likeness (QED) is 0.872. The monoisotopic (exact) mass is 360 g/mol. The molecule has 0 aromatic heterocycles. The molecular formula is C15H24N2O4S2. The first-order valence-electron chi connectivity index (χ1n) is 7.74. The predicted molar refractivity (Wildman–Crippen MR) is 91.2 cm³/mol. The van der Waals surface area contributed by atoms with Crippen molar-refractivity contribution >= 4 is 25.7 Å². The molecule has 0 unspecified atom stereocenters. The first kappa shape index (κ1) is 18.2. The summed E-state index contributed by atoms with van der Waals surface area (Å²) < 4.78 is 52.4. The summed E-state index contributed by atoms with van der Waals surface area (Å²) in [7, 11) is -6.90. The van der Waals surface area contributed by atoms with Crippen LogP contribution in [0.2, 0.25) is 0 Å². The maximum Gasteiger partial charge on any atom is 0.243 e. The molecule has 2 rings (SSSR count). The number of nitrogens with zero attached hydrogens (tertiary/aromatic N) is 1. The average molecular weight is 361 g/mol. The molecule has 0 saturated carbocycles. The number of benzene rings is 1. The van der Waals surface area contributed by atoms with Gasteiger partial charge in [-0.25, -0.2) is 16.8 Å². The van der Waals surface area contributed by atoms with E-state index in [-0.39, 0.29) is 10.6 Å². The number of rotatable bonds is 5. The summed E-state index contributed by atoms with van der Waals surface area (Å²) in [5.74, 6) is 0.643. The maximum atomic E-state index is 12.7. The summed E-state index contributed by atoms with van der Waals surface area (Å²) in [6.45, 7) is 6.70. The molecule has 1 aromatic rings. The summed E-state index contributed by atoms with van der Waals surface area (Å²) in [4.78, 5) is 0.193. The first-order valence-corrected chi connectivity index (χ1v) is 10.8. The van der Waals surface area contributed by atoms with Crippen molar-refractivity contribution in [1.82, 2.24) is 4.31 Å². The molecule has 0 aliphatic carbocycles. The SMILES string of the molecule is CCS(=O)(=O)Nc1ccc(S(=O)(=O)N2C[C@@H](C)C[C@H](C)C2)cc1. The second-order valence-electron chi connectivity index (χ2n) is 6.30. The van der Waals surface area contributed by atoms with Gasteiger partial charge in [0.25, 0.3) is 0 Å². The summed E-state index contributed by atoms with van der Waals surface area (Å²) >= 11 is 0. The lowest BCUT2D eigenvalue weighted by molar-refractivity contribution is 0.222. The molecule has 1 fully saturated rings. The van der Waals surface area contributed by atoms with Crippen LogP contribution in [0.4, 0.5) is 5.69 Å². The number of nitrogens with one attached hydrogen (secondary N) is 1. The fraction of sp³-hybridized carbons (Fsp3) is 0.600. The molecule has 0 radical (unpaired) electrons. The van der Waals surface area contributed by atoms with Gasteiger partial charge in [-0.05, 0) is 49.4 Å². The highest BCUT2D eigenvalue weighted by Gasteiger charge is 2.31. The van der Waals surface area contributed by atoms with Gasteiger partial charge in [0.2, 0.25) is 20.0 Å². The number of piperidine rings is 1. The molecule has 23 heavy (non-hydrogen) atoms. The van der Waals surface area contributed by atoms with E-state index in [0.717, 1.165) is 6.42 Å². The molecule has 1 aliphatic rings. The van der Waals surface area contributed by atoms with Crippen LogP contribution in [-0.2, 0) is 20.0 Å². The maximum absolute atomic E-state index is 12.7. The van der Waals surface area contributed by atoms with Crippen LogP contribution in [0.1, 0.15) is 27.2 Å². The Kier molecular flexibility index (Phi) is 5.37. The van der Waals surface area contributed by atoms with E-state index < -0.39 is 20.0 Å². The summed E-state index contributed by atoms with van der Waals surface area (Å²) in [5.41, 5.74) is 0.367. The largest absolute Gasteiger partial charge is 0.284 e. The Balaban J connectivity index is 2.21. The van der Waals surface area contributed by atoms with Crippen LogP contribution in [0.15, 0.2) is 29.2 Å². The molecule has 2 atom stereocenters. The van der Waals surface area contributed by atoms with Gasteiger partial charge < -0.3 is 0 Å². The highest BCUT2D eigenvalue weighted by molar-refractivity contribution is 7.92. The lowest BCUT2D eigenvalue weighted by Gasteiger charge is -2.34. The van der Waals surface area contributed by atoms with Crippen LogP contribution >= 0.6 is 0 Å². The third kappa shape index (κ3) is 4.45. The molecule has 1 N–H and O–H groups in total. The standard InChI is InChI=1S/C15H24N2O4S2/c1-4-22(18,19)16-14-5-7-15(8-6-14)23(20,21)17-10-12(2)9-13(3)11-17/h5-8,12-13,16H,4,9-11H2,1-3H3/t12-,13-/m0/s1. The van der Waals surface area contributed by atoms with Crippen LogP contribution < -0.4 is 4.72 Å². The summed E-state index contributed by atoms with van der Waals surface area (Å²) in [6, 6.07) is 5.87. The van der Waals surface area contributed by atoms with Gasteiger partial charge in [0.15, 0.2) is 0 Å². The fourth-order valence-electron chi connectivity index (χ4n) is 2.90. The fourth-order valence-corrected chi connectivity index (χ4v) is 5.22. The van der Waals surface area contributed by atoms with E-state index in [1.54, 1.807) is 6.92 Å². The molecular weight excluding hydrogens is 336 g/mol. The Morgan fingerprint density at radius 3 is 2.04 bits per heavy atom. The number of hydrogen-bond acceptors (Lipinski definition) is 4. The van der Waals surface area contributed by atoms with Crippen molar-refractivity contribution < 1.29 is 16.8 Å². The third-order valence-electron chi connectivity index (χ3n) is 3.98. The minimum Gasteiger partial charge on any atom is -0.284 e. The lowest BCUT2D eigenvalue weighted by Crippen LogP contribution is -2.42.